The van der Waals surface area contributed by atoms with Crippen LogP contribution in [-0.2, 0) is 6.54 Å². The SMILES string of the molecule is CCN(Cc1cccc(F)c1)C(=O)c1ccc(I)cc1. The van der Waals surface area contributed by atoms with E-state index in [1.165, 1.54) is 12.1 Å². The van der Waals surface area contributed by atoms with E-state index in [-0.39, 0.29) is 11.7 Å². The molecule has 1 amide bonds. The van der Waals surface area contributed by atoms with Crippen LogP contribution in [0.4, 0.5) is 4.39 Å². The van der Waals surface area contributed by atoms with Crippen LogP contribution in [0.2, 0.25) is 0 Å². The first kappa shape index (κ1) is 15.0. The summed E-state index contributed by atoms with van der Waals surface area (Å²) >= 11 is 2.20. The minimum absolute atomic E-state index is 0.0341. The summed E-state index contributed by atoms with van der Waals surface area (Å²) in [5.41, 5.74) is 1.45. The van der Waals surface area contributed by atoms with E-state index in [0.717, 1.165) is 9.13 Å². The zero-order valence-electron chi connectivity index (χ0n) is 11.1. The molecule has 0 atom stereocenters. The molecule has 0 saturated heterocycles. The molecule has 0 spiro atoms. The molecule has 0 fully saturated rings. The number of halogens is 2. The maximum atomic E-state index is 13.2. The van der Waals surface area contributed by atoms with Crippen molar-refractivity contribution in [2.45, 2.75) is 13.5 Å². The van der Waals surface area contributed by atoms with Gasteiger partial charge in [-0.3, -0.25) is 4.79 Å². The number of rotatable bonds is 4. The molecule has 0 N–H and O–H groups in total. The van der Waals surface area contributed by atoms with Crippen LogP contribution in [0.25, 0.3) is 0 Å². The molecule has 0 aliphatic heterocycles. The molecular weight excluding hydrogens is 368 g/mol. The summed E-state index contributed by atoms with van der Waals surface area (Å²) in [5, 5.41) is 0. The molecule has 0 bridgehead atoms. The first-order chi connectivity index (χ1) is 9.60. The molecule has 20 heavy (non-hydrogen) atoms. The highest BCUT2D eigenvalue weighted by Gasteiger charge is 2.14. The Morgan fingerprint density at radius 2 is 1.90 bits per heavy atom. The number of benzene rings is 2. The molecule has 2 aromatic carbocycles. The number of amides is 1. The molecule has 0 radical (unpaired) electrons. The highest BCUT2D eigenvalue weighted by Crippen LogP contribution is 2.13. The molecule has 2 rings (SSSR count). The highest BCUT2D eigenvalue weighted by molar-refractivity contribution is 14.1. The average Bonchev–Trinajstić information content (AvgIpc) is 2.45. The number of hydrogen-bond donors (Lipinski definition) is 0. The summed E-state index contributed by atoms with van der Waals surface area (Å²) in [6.07, 6.45) is 0. The van der Waals surface area contributed by atoms with Crippen LogP contribution in [-0.4, -0.2) is 17.4 Å². The van der Waals surface area contributed by atoms with Crippen molar-refractivity contribution in [1.29, 1.82) is 0 Å². The van der Waals surface area contributed by atoms with Crippen molar-refractivity contribution < 1.29 is 9.18 Å². The van der Waals surface area contributed by atoms with Crippen molar-refractivity contribution in [3.63, 3.8) is 0 Å². The maximum Gasteiger partial charge on any atom is 0.254 e. The Hall–Kier alpha value is -1.43. The second-order valence-electron chi connectivity index (χ2n) is 4.46. The number of carbonyl (C=O) groups excluding carboxylic acids is 1. The van der Waals surface area contributed by atoms with Gasteiger partial charge in [-0.05, 0) is 71.5 Å². The van der Waals surface area contributed by atoms with Crippen molar-refractivity contribution in [3.05, 3.63) is 69.0 Å². The van der Waals surface area contributed by atoms with Crippen LogP contribution in [0.5, 0.6) is 0 Å². The van der Waals surface area contributed by atoms with Gasteiger partial charge >= 0.3 is 0 Å². The van der Waals surface area contributed by atoms with Crippen LogP contribution >= 0.6 is 22.6 Å². The van der Waals surface area contributed by atoms with Gasteiger partial charge in [-0.2, -0.15) is 0 Å². The van der Waals surface area contributed by atoms with E-state index in [4.69, 9.17) is 0 Å². The lowest BCUT2D eigenvalue weighted by molar-refractivity contribution is 0.0752. The molecule has 0 saturated carbocycles. The fourth-order valence-electron chi connectivity index (χ4n) is 1.96. The molecule has 104 valence electrons. The largest absolute Gasteiger partial charge is 0.335 e. The standard InChI is InChI=1S/C16H15FINO/c1-2-19(11-12-4-3-5-14(17)10-12)16(20)13-6-8-15(18)9-7-13/h3-10H,2,11H2,1H3. The first-order valence-corrected chi connectivity index (χ1v) is 7.47. The second-order valence-corrected chi connectivity index (χ2v) is 5.70. The van der Waals surface area contributed by atoms with Crippen molar-refractivity contribution in [2.24, 2.45) is 0 Å². The Labute approximate surface area is 131 Å². The van der Waals surface area contributed by atoms with Gasteiger partial charge in [0.25, 0.3) is 5.91 Å². The van der Waals surface area contributed by atoms with E-state index in [2.05, 4.69) is 22.6 Å². The summed E-state index contributed by atoms with van der Waals surface area (Å²) in [6.45, 7) is 2.92. The minimum Gasteiger partial charge on any atom is -0.335 e. The second kappa shape index (κ2) is 6.83. The van der Waals surface area contributed by atoms with Crippen LogP contribution < -0.4 is 0 Å². The Morgan fingerprint density at radius 1 is 1.20 bits per heavy atom. The van der Waals surface area contributed by atoms with E-state index in [1.54, 1.807) is 11.0 Å². The molecule has 2 nitrogen and oxygen atoms in total. The lowest BCUT2D eigenvalue weighted by Crippen LogP contribution is -2.30. The van der Waals surface area contributed by atoms with Gasteiger partial charge in [-0.25, -0.2) is 4.39 Å². The van der Waals surface area contributed by atoms with Crippen LogP contribution in [0.3, 0.4) is 0 Å². The fourth-order valence-corrected chi connectivity index (χ4v) is 2.32. The molecule has 0 aliphatic rings. The van der Waals surface area contributed by atoms with Crippen LogP contribution in [0.1, 0.15) is 22.8 Å². The first-order valence-electron chi connectivity index (χ1n) is 6.39. The van der Waals surface area contributed by atoms with E-state index in [9.17, 15) is 9.18 Å². The summed E-state index contributed by atoms with van der Waals surface area (Å²) in [4.78, 5) is 14.1. The smallest absolute Gasteiger partial charge is 0.254 e. The summed E-state index contributed by atoms with van der Waals surface area (Å²) in [5.74, 6) is -0.312. The van der Waals surface area contributed by atoms with Crippen molar-refractivity contribution in [3.8, 4) is 0 Å². The maximum absolute atomic E-state index is 13.2. The van der Waals surface area contributed by atoms with E-state index < -0.39 is 0 Å². The quantitative estimate of drug-likeness (QED) is 0.729. The number of nitrogens with zero attached hydrogens (tertiary/aromatic N) is 1. The fraction of sp³-hybridized carbons (Fsp3) is 0.188. The number of carbonyl (C=O) groups is 1. The van der Waals surface area contributed by atoms with Crippen LogP contribution in [0.15, 0.2) is 48.5 Å². The summed E-state index contributed by atoms with van der Waals surface area (Å²) in [7, 11) is 0. The Morgan fingerprint density at radius 3 is 2.50 bits per heavy atom. The molecular formula is C16H15FINO. The predicted octanol–water partition coefficient (Wildman–Crippen LogP) is 4.09. The van der Waals surface area contributed by atoms with E-state index in [1.807, 2.05) is 37.3 Å². The Kier molecular flexibility index (Phi) is 5.11. The monoisotopic (exact) mass is 383 g/mol. The van der Waals surface area contributed by atoms with E-state index in [0.29, 0.717) is 18.7 Å². The zero-order chi connectivity index (χ0) is 14.5. The molecule has 2 aromatic rings. The van der Waals surface area contributed by atoms with Crippen LogP contribution in [0, 0.1) is 9.39 Å². The predicted molar refractivity (Wildman–Crippen MR) is 86.0 cm³/mol. The average molecular weight is 383 g/mol. The third-order valence-corrected chi connectivity index (χ3v) is 3.74. The summed E-state index contributed by atoms with van der Waals surface area (Å²) in [6, 6.07) is 13.8. The van der Waals surface area contributed by atoms with Gasteiger partial charge in [0.2, 0.25) is 0 Å². The van der Waals surface area contributed by atoms with Gasteiger partial charge in [-0.1, -0.05) is 12.1 Å². The lowest BCUT2D eigenvalue weighted by Gasteiger charge is -2.21. The molecule has 0 unspecified atom stereocenters. The van der Waals surface area contributed by atoms with Crippen molar-refractivity contribution in [1.82, 2.24) is 4.90 Å². The highest BCUT2D eigenvalue weighted by atomic mass is 127. The van der Waals surface area contributed by atoms with Gasteiger partial charge in [0.15, 0.2) is 0 Å². The van der Waals surface area contributed by atoms with Crippen molar-refractivity contribution >= 4 is 28.5 Å². The van der Waals surface area contributed by atoms with Crippen molar-refractivity contribution in [2.75, 3.05) is 6.54 Å². The van der Waals surface area contributed by atoms with Gasteiger partial charge in [0.1, 0.15) is 5.82 Å². The molecule has 0 aromatic heterocycles. The zero-order valence-corrected chi connectivity index (χ0v) is 13.3. The summed E-state index contributed by atoms with van der Waals surface area (Å²) < 4.78 is 14.3. The van der Waals surface area contributed by atoms with Gasteiger partial charge < -0.3 is 4.90 Å². The molecule has 0 heterocycles. The lowest BCUT2D eigenvalue weighted by atomic mass is 10.1. The normalized spacial score (nSPS) is 10.3. The van der Waals surface area contributed by atoms with Gasteiger partial charge in [-0.15, -0.1) is 0 Å². The Bertz CT molecular complexity index is 598. The Balaban J connectivity index is 2.15. The van der Waals surface area contributed by atoms with Gasteiger partial charge in [0, 0.05) is 22.2 Å². The topological polar surface area (TPSA) is 20.3 Å². The van der Waals surface area contributed by atoms with Gasteiger partial charge in [0.05, 0.1) is 0 Å². The van der Waals surface area contributed by atoms with E-state index >= 15 is 0 Å². The molecule has 0 aliphatic carbocycles. The third kappa shape index (κ3) is 3.79. The minimum atomic E-state index is -0.278. The third-order valence-electron chi connectivity index (χ3n) is 3.02. The number of hydrogen-bond acceptors (Lipinski definition) is 1. The molecule has 4 heteroatoms.